The van der Waals surface area contributed by atoms with Gasteiger partial charge in [0.2, 0.25) is 0 Å². The largest absolute Gasteiger partial charge is 0.491 e. The standard InChI is InChI=1S/C33H54O7Si/c1-33(2,3)41(4,5)40-26(24-38-25-15-9-8-10-16-25)20-21-28-27(17-11-6-7-12-18-31(35)36)29(34)23-30(28)39-32-19-13-14-22-37-32/h6,8-11,15-16,26-30,32,34H,7,12-14,17-24H2,1-5H3,(H,35,36)/t26-,27-,28-,29+,30?,32?/m1/s1. The summed E-state index contributed by atoms with van der Waals surface area (Å²) >= 11 is 0. The first-order valence-corrected chi connectivity index (χ1v) is 18.5. The van der Waals surface area contributed by atoms with E-state index in [4.69, 9.17) is 23.7 Å². The molecule has 1 heterocycles. The normalized spacial score (nSPS) is 26.3. The van der Waals surface area contributed by atoms with Crippen LogP contribution < -0.4 is 4.74 Å². The molecule has 2 fully saturated rings. The maximum Gasteiger partial charge on any atom is 0.303 e. The molecule has 8 heteroatoms. The van der Waals surface area contributed by atoms with Crippen molar-refractivity contribution >= 4 is 14.3 Å². The number of aliphatic hydroxyl groups excluding tert-OH is 1. The van der Waals surface area contributed by atoms with Crippen LogP contribution >= 0.6 is 0 Å². The van der Waals surface area contributed by atoms with Crippen molar-refractivity contribution in [3.05, 3.63) is 42.5 Å². The van der Waals surface area contributed by atoms with Gasteiger partial charge in [-0.05, 0) is 93.5 Å². The third-order valence-electron chi connectivity index (χ3n) is 9.06. The third-order valence-corrected chi connectivity index (χ3v) is 13.6. The van der Waals surface area contributed by atoms with Gasteiger partial charge in [0, 0.05) is 19.4 Å². The number of rotatable bonds is 16. The SMILES string of the molecule is CC(C)(C)[Si](C)(C)O[C@H](CC[C@H]1C(OC2CCCCO2)C[C@H](O)[C@@H]1CC=CCCCC(=O)O)COc1ccccc1. The fraction of sp³-hybridized carbons (Fsp3) is 0.727. The molecule has 3 rings (SSSR count). The van der Waals surface area contributed by atoms with Gasteiger partial charge in [-0.2, -0.15) is 0 Å². The molecule has 0 radical (unpaired) electrons. The van der Waals surface area contributed by atoms with Crippen molar-refractivity contribution in [1.29, 1.82) is 0 Å². The third kappa shape index (κ3) is 11.1. The van der Waals surface area contributed by atoms with E-state index in [1.54, 1.807) is 0 Å². The van der Waals surface area contributed by atoms with Gasteiger partial charge in [-0.25, -0.2) is 0 Å². The topological polar surface area (TPSA) is 94.5 Å². The lowest BCUT2D eigenvalue weighted by atomic mass is 9.86. The quantitative estimate of drug-likeness (QED) is 0.118. The van der Waals surface area contributed by atoms with Crippen molar-refractivity contribution in [1.82, 2.24) is 0 Å². The Morgan fingerprint density at radius 1 is 1.15 bits per heavy atom. The van der Waals surface area contributed by atoms with Gasteiger partial charge >= 0.3 is 5.97 Å². The van der Waals surface area contributed by atoms with Crippen LogP contribution in [-0.2, 0) is 18.7 Å². The lowest BCUT2D eigenvalue weighted by molar-refractivity contribution is -0.196. The van der Waals surface area contributed by atoms with E-state index in [9.17, 15) is 9.90 Å². The number of carboxylic acid groups (broad SMARTS) is 1. The van der Waals surface area contributed by atoms with E-state index < -0.39 is 20.4 Å². The summed E-state index contributed by atoms with van der Waals surface area (Å²) in [6.45, 7) is 12.6. The second-order valence-corrected chi connectivity index (χ2v) is 18.1. The van der Waals surface area contributed by atoms with Gasteiger partial charge in [0.1, 0.15) is 12.4 Å². The molecule has 7 nitrogen and oxygen atoms in total. The Morgan fingerprint density at radius 2 is 1.90 bits per heavy atom. The summed E-state index contributed by atoms with van der Waals surface area (Å²) in [6.07, 6.45) is 11.0. The van der Waals surface area contributed by atoms with E-state index in [0.717, 1.165) is 57.3 Å². The van der Waals surface area contributed by atoms with E-state index in [1.165, 1.54) is 0 Å². The van der Waals surface area contributed by atoms with E-state index in [2.05, 4.69) is 46.0 Å². The highest BCUT2D eigenvalue weighted by atomic mass is 28.4. The van der Waals surface area contributed by atoms with E-state index in [0.29, 0.717) is 19.4 Å². The number of carboxylic acids is 1. The molecular formula is C33H54O7Si. The number of hydrogen-bond acceptors (Lipinski definition) is 6. The molecule has 0 aromatic heterocycles. The molecule has 1 aliphatic carbocycles. The van der Waals surface area contributed by atoms with Crippen LogP contribution in [0.15, 0.2) is 42.5 Å². The van der Waals surface area contributed by atoms with Crippen LogP contribution in [0.1, 0.15) is 85.0 Å². The van der Waals surface area contributed by atoms with Crippen LogP contribution in [0.2, 0.25) is 18.1 Å². The van der Waals surface area contributed by atoms with Crippen LogP contribution in [0.5, 0.6) is 5.75 Å². The molecule has 1 aromatic rings. The molecule has 2 N–H and O–H groups in total. The van der Waals surface area contributed by atoms with Crippen LogP contribution in [-0.4, -0.2) is 62.3 Å². The fourth-order valence-electron chi connectivity index (χ4n) is 5.65. The smallest absolute Gasteiger partial charge is 0.303 e. The Bertz CT molecular complexity index is 923. The number of ether oxygens (including phenoxy) is 3. The van der Waals surface area contributed by atoms with Crippen molar-refractivity contribution in [2.75, 3.05) is 13.2 Å². The second-order valence-electron chi connectivity index (χ2n) is 13.3. The first kappa shape index (κ1) is 33.8. The highest BCUT2D eigenvalue weighted by molar-refractivity contribution is 6.74. The van der Waals surface area contributed by atoms with Crippen molar-refractivity contribution < 1.29 is 33.6 Å². The summed E-state index contributed by atoms with van der Waals surface area (Å²) in [4.78, 5) is 10.8. The van der Waals surface area contributed by atoms with Gasteiger partial charge in [-0.3, -0.25) is 4.79 Å². The molecule has 1 aromatic carbocycles. The van der Waals surface area contributed by atoms with Crippen LogP contribution in [0, 0.1) is 11.8 Å². The molecule has 0 spiro atoms. The number of carbonyl (C=O) groups is 1. The Labute approximate surface area is 248 Å². The first-order chi connectivity index (χ1) is 19.5. The minimum Gasteiger partial charge on any atom is -0.491 e. The molecule has 2 aliphatic rings. The minimum absolute atomic E-state index is 0.0624. The number of unbranched alkanes of at least 4 members (excludes halogenated alkanes) is 1. The van der Waals surface area contributed by atoms with Gasteiger partial charge in [0.15, 0.2) is 14.6 Å². The Balaban J connectivity index is 1.71. The zero-order valence-corrected chi connectivity index (χ0v) is 26.9. The van der Waals surface area contributed by atoms with Gasteiger partial charge in [-0.1, -0.05) is 51.1 Å². The molecule has 0 amide bonds. The van der Waals surface area contributed by atoms with E-state index in [1.807, 2.05) is 30.3 Å². The maximum atomic E-state index is 11.2. The van der Waals surface area contributed by atoms with E-state index >= 15 is 0 Å². The molecule has 41 heavy (non-hydrogen) atoms. The van der Waals surface area contributed by atoms with Crippen LogP contribution in [0.3, 0.4) is 0 Å². The zero-order valence-electron chi connectivity index (χ0n) is 25.9. The Hall–Kier alpha value is -1.71. The second kappa shape index (κ2) is 16.2. The fourth-order valence-corrected chi connectivity index (χ4v) is 7.02. The summed E-state index contributed by atoms with van der Waals surface area (Å²) in [6, 6.07) is 9.90. The van der Waals surface area contributed by atoms with E-state index in [-0.39, 0.29) is 41.8 Å². The maximum absolute atomic E-state index is 11.2. The number of para-hydroxylation sites is 1. The number of aliphatic hydroxyl groups is 1. The monoisotopic (exact) mass is 590 g/mol. The average Bonchev–Trinajstić information content (AvgIpc) is 3.21. The number of allylic oxidation sites excluding steroid dienone is 2. The first-order valence-electron chi connectivity index (χ1n) is 15.6. The zero-order chi connectivity index (χ0) is 29.9. The van der Waals surface area contributed by atoms with Gasteiger partial charge in [0.05, 0.1) is 18.3 Å². The summed E-state index contributed by atoms with van der Waals surface area (Å²) < 4.78 is 25.5. The highest BCUT2D eigenvalue weighted by Gasteiger charge is 2.44. The molecular weight excluding hydrogens is 536 g/mol. The molecule has 1 saturated heterocycles. The Morgan fingerprint density at radius 3 is 2.56 bits per heavy atom. The predicted molar refractivity (Wildman–Crippen MR) is 165 cm³/mol. The summed E-state index contributed by atoms with van der Waals surface area (Å²) in [5.41, 5.74) is 0. The van der Waals surface area contributed by atoms with Crippen LogP contribution in [0.4, 0.5) is 0 Å². The van der Waals surface area contributed by atoms with Crippen LogP contribution in [0.25, 0.3) is 0 Å². The van der Waals surface area contributed by atoms with Gasteiger partial charge < -0.3 is 28.8 Å². The van der Waals surface area contributed by atoms with Crippen molar-refractivity contribution in [3.8, 4) is 5.75 Å². The summed E-state index contributed by atoms with van der Waals surface area (Å²) in [5, 5.41) is 20.1. The molecule has 6 atom stereocenters. The molecule has 1 saturated carbocycles. The Kier molecular flexibility index (Phi) is 13.4. The van der Waals surface area contributed by atoms with Gasteiger partial charge in [0.25, 0.3) is 0 Å². The van der Waals surface area contributed by atoms with Gasteiger partial charge in [-0.15, -0.1) is 0 Å². The minimum atomic E-state index is -2.04. The summed E-state index contributed by atoms with van der Waals surface area (Å²) in [7, 11) is -2.04. The van der Waals surface area contributed by atoms with Crippen molar-refractivity contribution in [3.63, 3.8) is 0 Å². The number of hydrogen-bond donors (Lipinski definition) is 2. The number of aliphatic carboxylic acids is 1. The summed E-state index contributed by atoms with van der Waals surface area (Å²) in [5.74, 6) is 0.318. The lowest BCUT2D eigenvalue weighted by Gasteiger charge is -2.39. The molecule has 0 bridgehead atoms. The highest BCUT2D eigenvalue weighted by Crippen LogP contribution is 2.42. The molecule has 232 valence electrons. The lowest BCUT2D eigenvalue weighted by Crippen LogP contribution is -2.45. The average molecular weight is 591 g/mol. The van der Waals surface area contributed by atoms with Crippen molar-refractivity contribution in [2.45, 2.75) is 128 Å². The molecule has 1 aliphatic heterocycles. The van der Waals surface area contributed by atoms with Crippen molar-refractivity contribution in [2.24, 2.45) is 11.8 Å². The molecule has 2 unspecified atom stereocenters. The number of benzene rings is 1. The predicted octanol–water partition coefficient (Wildman–Crippen LogP) is 7.35.